The Morgan fingerprint density at radius 1 is 0.956 bits per heavy atom. The van der Waals surface area contributed by atoms with Gasteiger partial charge in [0.05, 0.1) is 6.04 Å². The van der Waals surface area contributed by atoms with Gasteiger partial charge in [0.2, 0.25) is 17.6 Å². The first kappa shape index (κ1) is 32.0. The molecular weight excluding hydrogens is 570 g/mol. The average Bonchev–Trinajstić information content (AvgIpc) is 3.42. The molecule has 0 spiro atoms. The van der Waals surface area contributed by atoms with Crippen LogP contribution in [0.25, 0.3) is 0 Å². The van der Waals surface area contributed by atoms with Gasteiger partial charge in [-0.2, -0.15) is 0 Å². The zero-order valence-corrected chi connectivity index (χ0v) is 27.4. The van der Waals surface area contributed by atoms with Gasteiger partial charge in [0.25, 0.3) is 5.91 Å². The third-order valence-electron chi connectivity index (χ3n) is 12.4. The van der Waals surface area contributed by atoms with Crippen LogP contribution in [0.15, 0.2) is 12.7 Å². The van der Waals surface area contributed by atoms with Crippen LogP contribution < -0.4 is 21.3 Å². The highest BCUT2D eigenvalue weighted by Gasteiger charge is 2.70. The Morgan fingerprint density at radius 3 is 2.16 bits per heavy atom. The van der Waals surface area contributed by atoms with E-state index in [0.29, 0.717) is 37.1 Å². The molecule has 7 fully saturated rings. The van der Waals surface area contributed by atoms with Crippen molar-refractivity contribution in [3.05, 3.63) is 12.7 Å². The Morgan fingerprint density at radius 2 is 1.58 bits per heavy atom. The van der Waals surface area contributed by atoms with Crippen molar-refractivity contribution in [2.75, 3.05) is 13.1 Å². The van der Waals surface area contributed by atoms with Crippen LogP contribution in [0.5, 0.6) is 0 Å². The lowest BCUT2D eigenvalue weighted by Gasteiger charge is -2.56. The topological polar surface area (TPSA) is 137 Å². The van der Waals surface area contributed by atoms with E-state index >= 15 is 0 Å². The molecule has 5 amide bonds. The van der Waals surface area contributed by atoms with E-state index in [2.05, 4.69) is 41.7 Å². The standard InChI is InChI=1S/C35H53N5O5/c1-5-9-25(29(41)31(43)36-12-6-2)37-30(42)28-26-24(34(26,3)4)19-40(28)32(44)27(23-10-7-8-11-23)38-33(45)39-35-16-20-13-21(17-35)15-22(14-20)18-35/h6,20-28H,2,5,7-19H2,1,3-4H3,(H,36,43)(H,37,42)(H2,38,39,45)/t20?,21?,22?,24-,25?,26-,27-,28-,35?/m0/s1. The summed E-state index contributed by atoms with van der Waals surface area (Å²) < 4.78 is 0. The van der Waals surface area contributed by atoms with Crippen LogP contribution in [-0.2, 0) is 19.2 Å². The second kappa shape index (κ2) is 12.4. The van der Waals surface area contributed by atoms with Crippen molar-refractivity contribution in [3.63, 3.8) is 0 Å². The summed E-state index contributed by atoms with van der Waals surface area (Å²) in [5.41, 5.74) is -0.279. The van der Waals surface area contributed by atoms with E-state index in [0.717, 1.165) is 44.9 Å². The molecule has 4 bridgehead atoms. The number of carbonyl (C=O) groups excluding carboxylic acids is 5. The Bertz CT molecular complexity index is 1190. The highest BCUT2D eigenvalue weighted by atomic mass is 16.2. The minimum atomic E-state index is -0.972. The number of hydrogen-bond acceptors (Lipinski definition) is 5. The zero-order valence-electron chi connectivity index (χ0n) is 27.4. The number of hydrogen-bond donors (Lipinski definition) is 4. The maximum Gasteiger partial charge on any atom is 0.315 e. The van der Waals surface area contributed by atoms with E-state index in [-0.39, 0.29) is 47.2 Å². The molecule has 1 heterocycles. The van der Waals surface area contributed by atoms with Gasteiger partial charge in [0.1, 0.15) is 12.1 Å². The first-order chi connectivity index (χ1) is 21.5. The summed E-state index contributed by atoms with van der Waals surface area (Å²) in [6.07, 6.45) is 13.1. The van der Waals surface area contributed by atoms with Crippen molar-refractivity contribution < 1.29 is 24.0 Å². The summed E-state index contributed by atoms with van der Waals surface area (Å²) in [5, 5.41) is 11.9. The SMILES string of the molecule is C=CCNC(=O)C(=O)C(CCC)NC(=O)[C@@H]1[C@@H]2[C@H](CN1C(=O)[C@@H](NC(=O)NC13CC4CC(CC(C4)C1)C3)C1CCCC1)C2(C)C. The number of amides is 5. The van der Waals surface area contributed by atoms with E-state index in [4.69, 9.17) is 0 Å². The molecule has 0 aromatic rings. The predicted molar refractivity (Wildman–Crippen MR) is 170 cm³/mol. The summed E-state index contributed by atoms with van der Waals surface area (Å²) in [4.78, 5) is 69.3. The van der Waals surface area contributed by atoms with Gasteiger partial charge in [0.15, 0.2) is 0 Å². The lowest BCUT2D eigenvalue weighted by molar-refractivity contribution is -0.144. The first-order valence-corrected chi connectivity index (χ1v) is 17.6. The molecule has 1 saturated heterocycles. The summed E-state index contributed by atoms with van der Waals surface area (Å²) in [6, 6.07) is -2.68. The van der Waals surface area contributed by atoms with Crippen LogP contribution >= 0.6 is 0 Å². The lowest BCUT2D eigenvalue weighted by Crippen LogP contribution is -2.64. The highest BCUT2D eigenvalue weighted by molar-refractivity contribution is 6.38. The van der Waals surface area contributed by atoms with E-state index in [1.54, 1.807) is 4.90 Å². The van der Waals surface area contributed by atoms with Gasteiger partial charge in [0, 0.05) is 18.6 Å². The second-order valence-corrected chi connectivity index (χ2v) is 15.9. The molecule has 1 aliphatic heterocycles. The van der Waals surface area contributed by atoms with Crippen molar-refractivity contribution in [3.8, 4) is 0 Å². The fourth-order valence-corrected chi connectivity index (χ4v) is 10.6. The number of piperidine rings is 1. The van der Waals surface area contributed by atoms with Gasteiger partial charge in [-0.15, -0.1) is 6.58 Å². The van der Waals surface area contributed by atoms with Crippen molar-refractivity contribution in [2.24, 2.45) is 40.9 Å². The van der Waals surface area contributed by atoms with Gasteiger partial charge in [-0.3, -0.25) is 19.2 Å². The van der Waals surface area contributed by atoms with Gasteiger partial charge >= 0.3 is 6.03 Å². The molecule has 0 aromatic heterocycles. The zero-order chi connectivity index (χ0) is 32.1. The van der Waals surface area contributed by atoms with Gasteiger partial charge < -0.3 is 26.2 Å². The minimum absolute atomic E-state index is 0.0243. The first-order valence-electron chi connectivity index (χ1n) is 17.6. The fraction of sp³-hybridized carbons (Fsp3) is 0.800. The van der Waals surface area contributed by atoms with E-state index in [1.807, 2.05) is 6.92 Å². The number of Topliss-reactive ketones (excluding diaryl/α,β-unsaturated/α-hetero) is 1. The molecule has 7 aliphatic rings. The Labute approximate surface area is 267 Å². The lowest BCUT2D eigenvalue weighted by atomic mass is 9.53. The Kier molecular flexibility index (Phi) is 8.80. The van der Waals surface area contributed by atoms with Crippen molar-refractivity contribution in [1.29, 1.82) is 0 Å². The largest absolute Gasteiger partial charge is 0.346 e. The van der Waals surface area contributed by atoms with Crippen LogP contribution in [0.4, 0.5) is 4.79 Å². The summed E-state index contributed by atoms with van der Waals surface area (Å²) in [5.74, 6) is 0.182. The molecule has 6 aliphatic carbocycles. The fourth-order valence-electron chi connectivity index (χ4n) is 10.6. The number of nitrogens with one attached hydrogen (secondary N) is 4. The van der Waals surface area contributed by atoms with Crippen LogP contribution in [0.3, 0.4) is 0 Å². The summed E-state index contributed by atoms with van der Waals surface area (Å²) >= 11 is 0. The molecule has 7 rings (SSSR count). The molecule has 6 saturated carbocycles. The average molecular weight is 624 g/mol. The minimum Gasteiger partial charge on any atom is -0.346 e. The number of carbonyl (C=O) groups is 5. The molecule has 1 unspecified atom stereocenters. The van der Waals surface area contributed by atoms with Crippen LogP contribution in [0.2, 0.25) is 0 Å². The predicted octanol–water partition coefficient (Wildman–Crippen LogP) is 3.45. The van der Waals surface area contributed by atoms with Crippen LogP contribution in [-0.4, -0.2) is 71.2 Å². The Balaban J connectivity index is 1.18. The number of likely N-dealkylation sites (tertiary alicyclic amines) is 1. The molecule has 4 N–H and O–H groups in total. The molecule has 0 radical (unpaired) electrons. The monoisotopic (exact) mass is 623 g/mol. The molecule has 10 nitrogen and oxygen atoms in total. The smallest absolute Gasteiger partial charge is 0.315 e. The number of ketones is 1. The maximum atomic E-state index is 14.5. The third-order valence-corrected chi connectivity index (χ3v) is 12.4. The van der Waals surface area contributed by atoms with Crippen molar-refractivity contribution in [2.45, 2.75) is 121 Å². The van der Waals surface area contributed by atoms with E-state index < -0.39 is 35.7 Å². The normalized spacial score (nSPS) is 35.2. The van der Waals surface area contributed by atoms with Crippen molar-refractivity contribution in [1.82, 2.24) is 26.2 Å². The number of urea groups is 1. The van der Waals surface area contributed by atoms with Gasteiger partial charge in [-0.05, 0) is 98.7 Å². The quantitative estimate of drug-likeness (QED) is 0.195. The highest BCUT2D eigenvalue weighted by Crippen LogP contribution is 2.65. The third kappa shape index (κ3) is 6.14. The molecule has 10 heteroatoms. The Hall–Kier alpha value is -2.91. The van der Waals surface area contributed by atoms with Gasteiger partial charge in [-0.1, -0.05) is 46.1 Å². The second-order valence-electron chi connectivity index (χ2n) is 15.9. The van der Waals surface area contributed by atoms with Crippen LogP contribution in [0.1, 0.15) is 97.8 Å². The van der Waals surface area contributed by atoms with Crippen molar-refractivity contribution >= 4 is 29.5 Å². The summed E-state index contributed by atoms with van der Waals surface area (Å²) in [6.45, 7) is 10.3. The number of fused-ring (bicyclic) bond motifs is 1. The van der Waals surface area contributed by atoms with E-state index in [9.17, 15) is 24.0 Å². The molecule has 0 aromatic carbocycles. The van der Waals surface area contributed by atoms with Gasteiger partial charge in [-0.25, -0.2) is 4.79 Å². The van der Waals surface area contributed by atoms with E-state index in [1.165, 1.54) is 25.3 Å². The molecular formula is C35H53N5O5. The summed E-state index contributed by atoms with van der Waals surface area (Å²) in [7, 11) is 0. The molecule has 248 valence electrons. The number of rotatable bonds is 12. The number of nitrogens with zero attached hydrogens (tertiary/aromatic N) is 1. The molecule has 45 heavy (non-hydrogen) atoms. The van der Waals surface area contributed by atoms with Crippen LogP contribution in [0, 0.1) is 40.9 Å². The maximum absolute atomic E-state index is 14.5. The molecule has 5 atom stereocenters.